The van der Waals surface area contributed by atoms with Gasteiger partial charge in [0.15, 0.2) is 0 Å². The summed E-state index contributed by atoms with van der Waals surface area (Å²) in [6.07, 6.45) is 3.83. The SMILES string of the molecule is COc1ccc(Br)cc1S(=O)(=O)NCc1cccc(CN2CCCCC2)c1. The first-order chi connectivity index (χ1) is 13.0. The van der Waals surface area contributed by atoms with Crippen molar-refractivity contribution in [3.63, 3.8) is 0 Å². The van der Waals surface area contributed by atoms with Crippen LogP contribution in [0.5, 0.6) is 5.75 Å². The Kier molecular flexibility index (Phi) is 6.92. The van der Waals surface area contributed by atoms with E-state index in [1.807, 2.05) is 12.1 Å². The molecule has 0 unspecified atom stereocenters. The molecule has 1 heterocycles. The molecule has 2 aromatic rings. The Hall–Kier alpha value is -1.41. The topological polar surface area (TPSA) is 58.6 Å². The lowest BCUT2D eigenvalue weighted by Crippen LogP contribution is -2.29. The van der Waals surface area contributed by atoms with E-state index in [1.165, 1.54) is 31.9 Å². The lowest BCUT2D eigenvalue weighted by molar-refractivity contribution is 0.221. The van der Waals surface area contributed by atoms with Gasteiger partial charge in [-0.2, -0.15) is 0 Å². The minimum absolute atomic E-state index is 0.129. The van der Waals surface area contributed by atoms with Gasteiger partial charge in [-0.3, -0.25) is 4.90 Å². The average Bonchev–Trinajstić information content (AvgIpc) is 2.67. The molecule has 2 aromatic carbocycles. The Bertz CT molecular complexity index is 881. The summed E-state index contributed by atoms with van der Waals surface area (Å²) in [5, 5.41) is 0. The van der Waals surface area contributed by atoms with Gasteiger partial charge in [0.05, 0.1) is 7.11 Å². The highest BCUT2D eigenvalue weighted by molar-refractivity contribution is 9.10. The molecular weight excluding hydrogens is 428 g/mol. The number of rotatable bonds is 7. The average molecular weight is 453 g/mol. The number of ether oxygens (including phenoxy) is 1. The van der Waals surface area contributed by atoms with Crippen molar-refractivity contribution >= 4 is 26.0 Å². The number of sulfonamides is 1. The first-order valence-corrected chi connectivity index (χ1v) is 11.4. The van der Waals surface area contributed by atoms with Crippen molar-refractivity contribution < 1.29 is 13.2 Å². The highest BCUT2D eigenvalue weighted by Crippen LogP contribution is 2.27. The van der Waals surface area contributed by atoms with Gasteiger partial charge in [-0.25, -0.2) is 13.1 Å². The molecule has 0 spiro atoms. The van der Waals surface area contributed by atoms with Crippen molar-refractivity contribution in [2.45, 2.75) is 37.2 Å². The molecule has 0 saturated carbocycles. The maximum atomic E-state index is 12.7. The van der Waals surface area contributed by atoms with Crippen LogP contribution in [0.2, 0.25) is 0 Å². The Morgan fingerprint density at radius 1 is 1.07 bits per heavy atom. The van der Waals surface area contributed by atoms with E-state index in [4.69, 9.17) is 4.74 Å². The lowest BCUT2D eigenvalue weighted by atomic mass is 10.1. The quantitative estimate of drug-likeness (QED) is 0.691. The zero-order valence-corrected chi connectivity index (χ0v) is 17.9. The molecule has 146 valence electrons. The van der Waals surface area contributed by atoms with Crippen molar-refractivity contribution in [1.82, 2.24) is 9.62 Å². The normalized spacial score (nSPS) is 15.6. The summed E-state index contributed by atoms with van der Waals surface area (Å²) in [5.41, 5.74) is 2.16. The van der Waals surface area contributed by atoms with E-state index in [1.54, 1.807) is 18.2 Å². The van der Waals surface area contributed by atoms with Crippen LogP contribution in [-0.4, -0.2) is 33.5 Å². The molecule has 3 rings (SSSR count). The molecule has 1 aliphatic heterocycles. The van der Waals surface area contributed by atoms with E-state index in [0.29, 0.717) is 10.2 Å². The molecule has 0 aromatic heterocycles. The van der Waals surface area contributed by atoms with Crippen LogP contribution in [0.3, 0.4) is 0 Å². The van der Waals surface area contributed by atoms with Crippen molar-refractivity contribution in [2.24, 2.45) is 0 Å². The standard InChI is InChI=1S/C20H25BrN2O3S/c1-26-19-9-8-18(21)13-20(19)27(24,25)22-14-16-6-5-7-17(12-16)15-23-10-3-2-4-11-23/h5-9,12-13,22H,2-4,10-11,14-15H2,1H3. The van der Waals surface area contributed by atoms with Gasteiger partial charge in [0.25, 0.3) is 0 Å². The number of benzene rings is 2. The van der Waals surface area contributed by atoms with E-state index in [9.17, 15) is 8.42 Å². The molecular formula is C20H25BrN2O3S. The van der Waals surface area contributed by atoms with E-state index < -0.39 is 10.0 Å². The number of nitrogens with one attached hydrogen (secondary N) is 1. The maximum Gasteiger partial charge on any atom is 0.244 e. The third-order valence-corrected chi connectivity index (χ3v) is 6.64. The highest BCUT2D eigenvalue weighted by atomic mass is 79.9. The van der Waals surface area contributed by atoms with Gasteiger partial charge in [0.1, 0.15) is 10.6 Å². The Morgan fingerprint density at radius 2 is 1.81 bits per heavy atom. The first-order valence-electron chi connectivity index (χ1n) is 9.11. The van der Waals surface area contributed by atoms with Gasteiger partial charge >= 0.3 is 0 Å². The molecule has 0 atom stereocenters. The van der Waals surface area contributed by atoms with Crippen LogP contribution in [-0.2, 0) is 23.1 Å². The van der Waals surface area contributed by atoms with E-state index in [0.717, 1.165) is 25.2 Å². The zero-order chi connectivity index (χ0) is 19.3. The molecule has 1 fully saturated rings. The van der Waals surface area contributed by atoms with E-state index in [2.05, 4.69) is 37.7 Å². The molecule has 7 heteroatoms. The van der Waals surface area contributed by atoms with Crippen molar-refractivity contribution in [1.29, 1.82) is 0 Å². The molecule has 0 radical (unpaired) electrons. The number of likely N-dealkylation sites (tertiary alicyclic amines) is 1. The number of halogens is 1. The molecule has 27 heavy (non-hydrogen) atoms. The highest BCUT2D eigenvalue weighted by Gasteiger charge is 2.20. The fraction of sp³-hybridized carbons (Fsp3) is 0.400. The smallest absolute Gasteiger partial charge is 0.244 e. The number of methoxy groups -OCH3 is 1. The van der Waals surface area contributed by atoms with Crippen LogP contribution < -0.4 is 9.46 Å². The van der Waals surface area contributed by atoms with Crippen LogP contribution in [0.15, 0.2) is 51.8 Å². The minimum atomic E-state index is -3.68. The molecule has 1 saturated heterocycles. The van der Waals surface area contributed by atoms with Crippen LogP contribution in [0, 0.1) is 0 Å². The third kappa shape index (κ3) is 5.54. The van der Waals surface area contributed by atoms with Crippen molar-refractivity contribution in [3.05, 3.63) is 58.1 Å². The van der Waals surface area contributed by atoms with Crippen LogP contribution in [0.4, 0.5) is 0 Å². The number of hydrogen-bond donors (Lipinski definition) is 1. The summed E-state index contributed by atoms with van der Waals surface area (Å²) in [6, 6.07) is 13.1. The molecule has 5 nitrogen and oxygen atoms in total. The van der Waals surface area contributed by atoms with Crippen molar-refractivity contribution in [2.75, 3.05) is 20.2 Å². The van der Waals surface area contributed by atoms with E-state index >= 15 is 0 Å². The summed E-state index contributed by atoms with van der Waals surface area (Å²) in [6.45, 7) is 3.44. The largest absolute Gasteiger partial charge is 0.495 e. The molecule has 0 aliphatic carbocycles. The predicted octanol–water partition coefficient (Wildman–Crippen LogP) is 3.92. The third-order valence-electron chi connectivity index (χ3n) is 4.73. The molecule has 1 aliphatic rings. The second-order valence-electron chi connectivity index (χ2n) is 6.78. The van der Waals surface area contributed by atoms with Gasteiger partial charge in [-0.1, -0.05) is 46.6 Å². The first kappa shape index (κ1) is 20.3. The number of hydrogen-bond acceptors (Lipinski definition) is 4. The Labute approximate surface area is 169 Å². The predicted molar refractivity (Wildman–Crippen MR) is 110 cm³/mol. The Balaban J connectivity index is 1.69. The van der Waals surface area contributed by atoms with Gasteiger partial charge in [0.2, 0.25) is 10.0 Å². The summed E-state index contributed by atoms with van der Waals surface area (Å²) in [7, 11) is -2.21. The second-order valence-corrected chi connectivity index (χ2v) is 9.43. The number of nitrogens with zero attached hydrogens (tertiary/aromatic N) is 1. The van der Waals surface area contributed by atoms with Crippen LogP contribution in [0.25, 0.3) is 0 Å². The van der Waals surface area contributed by atoms with Gasteiger partial charge in [-0.15, -0.1) is 0 Å². The monoisotopic (exact) mass is 452 g/mol. The molecule has 0 amide bonds. The molecule has 1 N–H and O–H groups in total. The van der Waals surface area contributed by atoms with E-state index in [-0.39, 0.29) is 11.4 Å². The summed E-state index contributed by atoms with van der Waals surface area (Å²) < 4.78 is 34.0. The van der Waals surface area contributed by atoms with Crippen molar-refractivity contribution in [3.8, 4) is 5.75 Å². The summed E-state index contributed by atoms with van der Waals surface area (Å²) in [4.78, 5) is 2.59. The van der Waals surface area contributed by atoms with Gasteiger partial charge < -0.3 is 4.74 Å². The van der Waals surface area contributed by atoms with Crippen LogP contribution >= 0.6 is 15.9 Å². The summed E-state index contributed by atoms with van der Waals surface area (Å²) >= 11 is 3.32. The van der Waals surface area contributed by atoms with Gasteiger partial charge in [0, 0.05) is 17.6 Å². The minimum Gasteiger partial charge on any atom is -0.495 e. The fourth-order valence-electron chi connectivity index (χ4n) is 3.33. The molecule has 0 bridgehead atoms. The lowest BCUT2D eigenvalue weighted by Gasteiger charge is -2.26. The summed E-state index contributed by atoms with van der Waals surface area (Å²) in [5.74, 6) is 0.324. The number of piperidine rings is 1. The van der Waals surface area contributed by atoms with Crippen LogP contribution in [0.1, 0.15) is 30.4 Å². The Morgan fingerprint density at radius 3 is 2.56 bits per heavy atom. The maximum absolute atomic E-state index is 12.7. The fourth-order valence-corrected chi connectivity index (χ4v) is 5.05. The second kappa shape index (κ2) is 9.19. The van der Waals surface area contributed by atoms with Gasteiger partial charge in [-0.05, 0) is 55.3 Å². The zero-order valence-electron chi connectivity index (χ0n) is 15.4.